The largest absolute Gasteiger partial charge is 0.496 e. The molecule has 142 valence electrons. The average molecular weight is 412 g/mol. The van der Waals surface area contributed by atoms with Crippen molar-refractivity contribution >= 4 is 35.0 Å². The van der Waals surface area contributed by atoms with Crippen LogP contribution < -0.4 is 9.64 Å². The van der Waals surface area contributed by atoms with Crippen molar-refractivity contribution in [2.45, 2.75) is 12.3 Å². The molecule has 2 aliphatic rings. The molecule has 1 atom stereocenters. The zero-order valence-corrected chi connectivity index (χ0v) is 16.8. The van der Waals surface area contributed by atoms with Gasteiger partial charge in [-0.15, -0.1) is 0 Å². The number of benzene rings is 2. The number of nitriles is 1. The highest BCUT2D eigenvalue weighted by atomic mass is 35.5. The molecule has 0 aliphatic carbocycles. The standard InChI is InChI=1S/C21H18ClN3O2S/c1-27-19-5-3-2-4-16(19)17-10-20(26)25-12-24(13-28-21(25)18(17)11-23)15-8-6-14(22)7-9-15/h2-9,17H,10,12-13H2,1H3. The number of hydrogen-bond acceptors (Lipinski definition) is 5. The first-order valence-electron chi connectivity index (χ1n) is 8.83. The van der Waals surface area contributed by atoms with Gasteiger partial charge in [-0.3, -0.25) is 9.69 Å². The minimum absolute atomic E-state index is 0.0102. The van der Waals surface area contributed by atoms with E-state index in [0.717, 1.165) is 16.3 Å². The van der Waals surface area contributed by atoms with Crippen molar-refractivity contribution < 1.29 is 9.53 Å². The SMILES string of the molecule is COc1ccccc1C1CC(=O)N2CN(c3ccc(Cl)cc3)CSC2=C1C#N. The third-order valence-electron chi connectivity index (χ3n) is 5.00. The van der Waals surface area contributed by atoms with Gasteiger partial charge in [0.05, 0.1) is 36.3 Å². The Bertz CT molecular complexity index is 984. The smallest absolute Gasteiger partial charge is 0.229 e. The Balaban J connectivity index is 1.68. The molecule has 1 saturated heterocycles. The van der Waals surface area contributed by atoms with E-state index >= 15 is 0 Å². The number of nitrogens with zero attached hydrogens (tertiary/aromatic N) is 3. The van der Waals surface area contributed by atoms with Crippen molar-refractivity contribution in [2.75, 3.05) is 24.6 Å². The van der Waals surface area contributed by atoms with Crippen LogP contribution in [0.25, 0.3) is 0 Å². The monoisotopic (exact) mass is 411 g/mol. The number of rotatable bonds is 3. The van der Waals surface area contributed by atoms with Crippen LogP contribution in [-0.4, -0.2) is 30.5 Å². The second kappa shape index (κ2) is 7.78. The second-order valence-corrected chi connectivity index (χ2v) is 7.95. The van der Waals surface area contributed by atoms with Gasteiger partial charge in [0.1, 0.15) is 5.75 Å². The van der Waals surface area contributed by atoms with Crippen molar-refractivity contribution in [3.8, 4) is 11.8 Å². The molecule has 1 amide bonds. The molecule has 2 aliphatic heterocycles. The van der Waals surface area contributed by atoms with Crippen LogP contribution >= 0.6 is 23.4 Å². The molecule has 1 unspecified atom stereocenters. The number of amides is 1. The first kappa shape index (κ1) is 18.7. The van der Waals surface area contributed by atoms with E-state index in [1.54, 1.807) is 12.0 Å². The van der Waals surface area contributed by atoms with Crippen LogP contribution in [0.2, 0.25) is 5.02 Å². The number of carbonyl (C=O) groups excluding carboxylic acids is 1. The molecule has 2 aromatic rings. The summed E-state index contributed by atoms with van der Waals surface area (Å²) in [6, 6.07) is 17.5. The Morgan fingerprint density at radius 3 is 2.68 bits per heavy atom. The fourth-order valence-corrected chi connectivity index (χ4v) is 4.89. The number of halogens is 1. The van der Waals surface area contributed by atoms with Crippen LogP contribution in [0.1, 0.15) is 17.9 Å². The summed E-state index contributed by atoms with van der Waals surface area (Å²) in [6.45, 7) is 0.423. The second-order valence-electron chi connectivity index (χ2n) is 6.58. The van der Waals surface area contributed by atoms with E-state index < -0.39 is 0 Å². The third-order valence-corrected chi connectivity index (χ3v) is 6.41. The summed E-state index contributed by atoms with van der Waals surface area (Å²) in [7, 11) is 1.61. The summed E-state index contributed by atoms with van der Waals surface area (Å²) in [5, 5.41) is 11.3. The normalized spacial score (nSPS) is 19.3. The molecule has 7 heteroatoms. The van der Waals surface area contributed by atoms with Gasteiger partial charge in [0, 0.05) is 28.6 Å². The number of methoxy groups -OCH3 is 1. The molecule has 5 nitrogen and oxygen atoms in total. The lowest BCUT2D eigenvalue weighted by molar-refractivity contribution is -0.129. The number of allylic oxidation sites excluding steroid dienone is 1. The summed E-state index contributed by atoms with van der Waals surface area (Å²) >= 11 is 7.50. The van der Waals surface area contributed by atoms with E-state index in [-0.39, 0.29) is 18.2 Å². The molecule has 0 spiro atoms. The molecule has 0 N–H and O–H groups in total. The predicted octanol–water partition coefficient (Wildman–Crippen LogP) is 4.57. The molecule has 28 heavy (non-hydrogen) atoms. The molecule has 2 heterocycles. The highest BCUT2D eigenvalue weighted by molar-refractivity contribution is 8.03. The number of ether oxygens (including phenoxy) is 1. The van der Waals surface area contributed by atoms with Crippen molar-refractivity contribution in [3.63, 3.8) is 0 Å². The van der Waals surface area contributed by atoms with Gasteiger partial charge in [-0.25, -0.2) is 0 Å². The number of carbonyl (C=O) groups is 1. The Morgan fingerprint density at radius 2 is 1.96 bits per heavy atom. The number of anilines is 1. The predicted molar refractivity (Wildman–Crippen MR) is 111 cm³/mol. The van der Waals surface area contributed by atoms with Gasteiger partial charge in [-0.2, -0.15) is 5.26 Å². The fraction of sp³-hybridized carbons (Fsp3) is 0.238. The van der Waals surface area contributed by atoms with E-state index in [9.17, 15) is 10.1 Å². The molecule has 4 rings (SSSR count). The molecule has 0 bridgehead atoms. The van der Waals surface area contributed by atoms with Crippen LogP contribution in [0, 0.1) is 11.3 Å². The van der Waals surface area contributed by atoms with E-state index in [2.05, 4.69) is 11.0 Å². The zero-order chi connectivity index (χ0) is 19.7. The summed E-state index contributed by atoms with van der Waals surface area (Å²) in [5.74, 6) is 1.08. The summed E-state index contributed by atoms with van der Waals surface area (Å²) in [5.41, 5.74) is 2.50. The van der Waals surface area contributed by atoms with Crippen LogP contribution in [0.3, 0.4) is 0 Å². The Labute approximate surface area is 173 Å². The maximum Gasteiger partial charge on any atom is 0.229 e. The van der Waals surface area contributed by atoms with Gasteiger partial charge < -0.3 is 9.64 Å². The zero-order valence-electron chi connectivity index (χ0n) is 15.3. The lowest BCUT2D eigenvalue weighted by atomic mass is 9.86. The van der Waals surface area contributed by atoms with Crippen molar-refractivity contribution in [2.24, 2.45) is 0 Å². The van der Waals surface area contributed by atoms with Crippen LogP contribution in [0.4, 0.5) is 5.69 Å². The Kier molecular flexibility index (Phi) is 5.21. The van der Waals surface area contributed by atoms with Gasteiger partial charge in [0.2, 0.25) is 5.91 Å². The van der Waals surface area contributed by atoms with Crippen LogP contribution in [0.15, 0.2) is 59.1 Å². The molecule has 2 aromatic carbocycles. The van der Waals surface area contributed by atoms with Crippen LogP contribution in [0.5, 0.6) is 5.75 Å². The van der Waals surface area contributed by atoms with Gasteiger partial charge in [-0.05, 0) is 30.3 Å². The lowest BCUT2D eigenvalue weighted by Crippen LogP contribution is -2.47. The number of para-hydroxylation sites is 1. The number of thioether (sulfide) groups is 1. The van der Waals surface area contributed by atoms with Crippen molar-refractivity contribution in [1.82, 2.24) is 4.90 Å². The highest BCUT2D eigenvalue weighted by Crippen LogP contribution is 2.45. The molecular formula is C21H18ClN3O2S. The fourth-order valence-electron chi connectivity index (χ4n) is 3.60. The van der Waals surface area contributed by atoms with E-state index in [1.165, 1.54) is 11.8 Å². The van der Waals surface area contributed by atoms with Crippen molar-refractivity contribution in [3.05, 3.63) is 69.7 Å². The van der Waals surface area contributed by atoms with Crippen LogP contribution in [-0.2, 0) is 4.79 Å². The summed E-state index contributed by atoms with van der Waals surface area (Å²) < 4.78 is 5.46. The summed E-state index contributed by atoms with van der Waals surface area (Å²) in [4.78, 5) is 16.8. The maximum atomic E-state index is 13.0. The van der Waals surface area contributed by atoms with E-state index in [0.29, 0.717) is 28.9 Å². The Hall–Kier alpha value is -2.62. The molecule has 0 radical (unpaired) electrons. The van der Waals surface area contributed by atoms with Gasteiger partial charge in [-0.1, -0.05) is 41.6 Å². The maximum absolute atomic E-state index is 13.0. The number of fused-ring (bicyclic) bond motifs is 1. The lowest BCUT2D eigenvalue weighted by Gasteiger charge is -2.42. The minimum atomic E-state index is -0.283. The third kappa shape index (κ3) is 3.32. The molecule has 0 saturated carbocycles. The average Bonchev–Trinajstić information content (AvgIpc) is 2.74. The Morgan fingerprint density at radius 1 is 1.21 bits per heavy atom. The summed E-state index contributed by atoms with van der Waals surface area (Å²) in [6.07, 6.45) is 0.252. The highest BCUT2D eigenvalue weighted by Gasteiger charge is 2.39. The molecular weight excluding hydrogens is 394 g/mol. The number of hydrogen-bond donors (Lipinski definition) is 0. The van der Waals surface area contributed by atoms with Gasteiger partial charge in [0.25, 0.3) is 0 Å². The van der Waals surface area contributed by atoms with Crippen molar-refractivity contribution in [1.29, 1.82) is 5.26 Å². The van der Waals surface area contributed by atoms with E-state index in [1.807, 2.05) is 48.5 Å². The van der Waals surface area contributed by atoms with Gasteiger partial charge in [0.15, 0.2) is 0 Å². The first-order valence-corrected chi connectivity index (χ1v) is 10.2. The molecule has 1 fully saturated rings. The first-order chi connectivity index (χ1) is 13.6. The molecule has 0 aromatic heterocycles. The minimum Gasteiger partial charge on any atom is -0.496 e. The quantitative estimate of drug-likeness (QED) is 0.740. The topological polar surface area (TPSA) is 56.6 Å². The van der Waals surface area contributed by atoms with Gasteiger partial charge >= 0.3 is 0 Å². The van der Waals surface area contributed by atoms with E-state index in [4.69, 9.17) is 16.3 Å².